The van der Waals surface area contributed by atoms with Gasteiger partial charge in [0.1, 0.15) is 5.60 Å². The summed E-state index contributed by atoms with van der Waals surface area (Å²) in [6, 6.07) is 8.39. The quantitative estimate of drug-likeness (QED) is 0.810. The highest BCUT2D eigenvalue weighted by Gasteiger charge is 2.35. The first-order valence-corrected chi connectivity index (χ1v) is 7.52. The molecule has 2 rings (SSSR count). The monoisotopic (exact) mass is 275 g/mol. The van der Waals surface area contributed by atoms with Crippen molar-refractivity contribution < 1.29 is 9.53 Å². The Bertz CT molecular complexity index is 476. The molecule has 0 spiro atoms. The molecular formula is C17H25NO2. The Morgan fingerprint density at radius 1 is 1.35 bits per heavy atom. The summed E-state index contributed by atoms with van der Waals surface area (Å²) >= 11 is 0. The zero-order valence-corrected chi connectivity index (χ0v) is 13.0. The molecule has 110 valence electrons. The zero-order chi connectivity index (χ0) is 14.8. The van der Waals surface area contributed by atoms with Gasteiger partial charge in [-0.3, -0.25) is 4.90 Å². The van der Waals surface area contributed by atoms with E-state index >= 15 is 0 Å². The number of anilines is 1. The number of benzene rings is 1. The first kappa shape index (κ1) is 14.9. The lowest BCUT2D eigenvalue weighted by Crippen LogP contribution is -2.41. The lowest BCUT2D eigenvalue weighted by Gasteiger charge is -2.29. The molecule has 20 heavy (non-hydrogen) atoms. The molecule has 1 atom stereocenters. The molecular weight excluding hydrogens is 250 g/mol. The molecule has 1 aliphatic heterocycles. The molecule has 0 aliphatic carbocycles. The SMILES string of the molecule is CCCCC1Cc2ccccc2N1C(=O)OC(C)(C)C. The van der Waals surface area contributed by atoms with Crippen LogP contribution in [0.15, 0.2) is 24.3 Å². The van der Waals surface area contributed by atoms with E-state index in [2.05, 4.69) is 13.0 Å². The maximum Gasteiger partial charge on any atom is 0.415 e. The fraction of sp³-hybridized carbons (Fsp3) is 0.588. The molecule has 0 saturated carbocycles. The predicted molar refractivity (Wildman–Crippen MR) is 82.2 cm³/mol. The standard InChI is InChI=1S/C17H25NO2/c1-5-6-10-14-12-13-9-7-8-11-15(13)18(14)16(19)20-17(2,3)4/h7-9,11,14H,5-6,10,12H2,1-4H3. The van der Waals surface area contributed by atoms with E-state index in [0.29, 0.717) is 0 Å². The van der Waals surface area contributed by atoms with Gasteiger partial charge in [-0.25, -0.2) is 4.79 Å². The summed E-state index contributed by atoms with van der Waals surface area (Å²) in [5, 5.41) is 0. The Morgan fingerprint density at radius 2 is 2.05 bits per heavy atom. The van der Waals surface area contributed by atoms with Gasteiger partial charge in [0.2, 0.25) is 0 Å². The Kier molecular flexibility index (Phi) is 4.36. The summed E-state index contributed by atoms with van der Waals surface area (Å²) in [6.45, 7) is 7.91. The lowest BCUT2D eigenvalue weighted by atomic mass is 10.1. The minimum Gasteiger partial charge on any atom is -0.443 e. The van der Waals surface area contributed by atoms with E-state index in [4.69, 9.17) is 4.74 Å². The second-order valence-corrected chi connectivity index (χ2v) is 6.48. The smallest absolute Gasteiger partial charge is 0.415 e. The third kappa shape index (κ3) is 3.33. The molecule has 1 aliphatic rings. The van der Waals surface area contributed by atoms with Gasteiger partial charge >= 0.3 is 6.09 Å². The number of ether oxygens (including phenoxy) is 1. The van der Waals surface area contributed by atoms with E-state index in [1.54, 1.807) is 0 Å². The van der Waals surface area contributed by atoms with E-state index in [1.165, 1.54) is 5.56 Å². The molecule has 1 aromatic rings. The van der Waals surface area contributed by atoms with Crippen LogP contribution in [0.1, 0.15) is 52.5 Å². The van der Waals surface area contributed by atoms with Crippen LogP contribution < -0.4 is 4.90 Å². The summed E-state index contributed by atoms with van der Waals surface area (Å²) in [7, 11) is 0. The van der Waals surface area contributed by atoms with Gasteiger partial charge in [0.05, 0.1) is 5.69 Å². The molecule has 0 aromatic heterocycles. The van der Waals surface area contributed by atoms with E-state index in [1.807, 2.05) is 43.9 Å². The van der Waals surface area contributed by atoms with Crippen LogP contribution in [0.2, 0.25) is 0 Å². The number of hydrogen-bond donors (Lipinski definition) is 0. The van der Waals surface area contributed by atoms with Crippen molar-refractivity contribution in [3.8, 4) is 0 Å². The zero-order valence-electron chi connectivity index (χ0n) is 13.0. The topological polar surface area (TPSA) is 29.5 Å². The van der Waals surface area contributed by atoms with Crippen molar-refractivity contribution >= 4 is 11.8 Å². The highest BCUT2D eigenvalue weighted by atomic mass is 16.6. The Balaban J connectivity index is 2.22. The second-order valence-electron chi connectivity index (χ2n) is 6.48. The molecule has 1 unspecified atom stereocenters. The van der Waals surface area contributed by atoms with Crippen molar-refractivity contribution in [1.29, 1.82) is 0 Å². The summed E-state index contributed by atoms with van der Waals surface area (Å²) < 4.78 is 5.58. The van der Waals surface area contributed by atoms with Crippen LogP contribution >= 0.6 is 0 Å². The molecule has 0 fully saturated rings. The number of amides is 1. The Labute approximate surface area is 121 Å². The van der Waals surface area contributed by atoms with Crippen molar-refractivity contribution in [2.75, 3.05) is 4.90 Å². The molecule has 3 heteroatoms. The summed E-state index contributed by atoms with van der Waals surface area (Å²) in [5.74, 6) is 0. The Hall–Kier alpha value is -1.51. The average Bonchev–Trinajstić information content (AvgIpc) is 2.72. The minimum atomic E-state index is -0.454. The molecule has 3 nitrogen and oxygen atoms in total. The maximum absolute atomic E-state index is 12.5. The van der Waals surface area contributed by atoms with Crippen molar-refractivity contribution in [3.05, 3.63) is 29.8 Å². The van der Waals surface area contributed by atoms with Crippen LogP contribution in [0.3, 0.4) is 0 Å². The highest BCUT2D eigenvalue weighted by molar-refractivity contribution is 5.91. The van der Waals surface area contributed by atoms with Crippen molar-refractivity contribution in [2.45, 2.75) is 65.0 Å². The first-order valence-electron chi connectivity index (χ1n) is 7.52. The molecule has 1 amide bonds. The second kappa shape index (κ2) is 5.86. The van der Waals surface area contributed by atoms with Gasteiger partial charge in [-0.1, -0.05) is 38.0 Å². The third-order valence-corrected chi connectivity index (χ3v) is 3.55. The maximum atomic E-state index is 12.5. The Morgan fingerprint density at radius 3 is 2.70 bits per heavy atom. The van der Waals surface area contributed by atoms with E-state index < -0.39 is 5.60 Å². The number of carbonyl (C=O) groups excluding carboxylic acids is 1. The third-order valence-electron chi connectivity index (χ3n) is 3.55. The molecule has 0 radical (unpaired) electrons. The van der Waals surface area contributed by atoms with Crippen LogP contribution in [0.5, 0.6) is 0 Å². The molecule has 0 saturated heterocycles. The normalized spacial score (nSPS) is 18.0. The van der Waals surface area contributed by atoms with E-state index in [9.17, 15) is 4.79 Å². The predicted octanol–water partition coefficient (Wildman–Crippen LogP) is 4.54. The number of carbonyl (C=O) groups is 1. The fourth-order valence-electron chi connectivity index (χ4n) is 2.69. The van der Waals surface area contributed by atoms with Crippen molar-refractivity contribution in [1.82, 2.24) is 0 Å². The van der Waals surface area contributed by atoms with Gasteiger partial charge in [0, 0.05) is 6.04 Å². The van der Waals surface area contributed by atoms with Gasteiger partial charge in [-0.2, -0.15) is 0 Å². The first-order chi connectivity index (χ1) is 9.42. The largest absolute Gasteiger partial charge is 0.443 e. The minimum absolute atomic E-state index is 0.219. The number of para-hydroxylation sites is 1. The number of hydrogen-bond acceptors (Lipinski definition) is 2. The van der Waals surface area contributed by atoms with Crippen LogP contribution in [0.25, 0.3) is 0 Å². The molecule has 0 N–H and O–H groups in total. The van der Waals surface area contributed by atoms with Crippen LogP contribution in [0.4, 0.5) is 10.5 Å². The summed E-state index contributed by atoms with van der Waals surface area (Å²) in [6.07, 6.45) is 4.04. The van der Waals surface area contributed by atoms with E-state index in [0.717, 1.165) is 31.4 Å². The number of rotatable bonds is 3. The van der Waals surface area contributed by atoms with Crippen molar-refractivity contribution in [3.63, 3.8) is 0 Å². The van der Waals surface area contributed by atoms with Crippen LogP contribution in [-0.4, -0.2) is 17.7 Å². The average molecular weight is 275 g/mol. The van der Waals surface area contributed by atoms with Gasteiger partial charge in [-0.05, 0) is 45.2 Å². The van der Waals surface area contributed by atoms with Gasteiger partial charge in [0.25, 0.3) is 0 Å². The number of nitrogens with zero attached hydrogens (tertiary/aromatic N) is 1. The van der Waals surface area contributed by atoms with Gasteiger partial charge in [-0.15, -0.1) is 0 Å². The summed E-state index contributed by atoms with van der Waals surface area (Å²) in [4.78, 5) is 14.4. The van der Waals surface area contributed by atoms with Gasteiger partial charge < -0.3 is 4.74 Å². The number of fused-ring (bicyclic) bond motifs is 1. The van der Waals surface area contributed by atoms with Crippen LogP contribution in [0, 0.1) is 0 Å². The van der Waals surface area contributed by atoms with Crippen LogP contribution in [-0.2, 0) is 11.2 Å². The lowest BCUT2D eigenvalue weighted by molar-refractivity contribution is 0.0568. The fourth-order valence-corrected chi connectivity index (χ4v) is 2.69. The molecule has 1 heterocycles. The molecule has 1 aromatic carbocycles. The van der Waals surface area contributed by atoms with Gasteiger partial charge in [0.15, 0.2) is 0 Å². The van der Waals surface area contributed by atoms with E-state index in [-0.39, 0.29) is 12.1 Å². The highest BCUT2D eigenvalue weighted by Crippen LogP contribution is 2.35. The molecule has 0 bridgehead atoms. The summed E-state index contributed by atoms with van der Waals surface area (Å²) in [5.41, 5.74) is 1.81. The number of unbranched alkanes of at least 4 members (excludes halogenated alkanes) is 1. The van der Waals surface area contributed by atoms with Crippen molar-refractivity contribution in [2.24, 2.45) is 0 Å².